The molecule has 0 unspecified atom stereocenters. The van der Waals surface area contributed by atoms with Crippen LogP contribution < -0.4 is 0 Å². The van der Waals surface area contributed by atoms with E-state index in [0.717, 1.165) is 0 Å². The average molecular weight is 283 g/mol. The third kappa shape index (κ3) is 1.67. The number of hydrogen-bond acceptors (Lipinski definition) is 0. The molecule has 0 radical (unpaired) electrons. The van der Waals surface area contributed by atoms with E-state index in [-0.39, 0.29) is 10.9 Å². The minimum absolute atomic E-state index is 0.0913. The summed E-state index contributed by atoms with van der Waals surface area (Å²) in [7, 11) is 0. The molecule has 7 heteroatoms. The normalized spacial score (nSPS) is 22.4. The van der Waals surface area contributed by atoms with E-state index in [9.17, 15) is 26.3 Å². The van der Waals surface area contributed by atoms with Crippen LogP contribution in [0.5, 0.6) is 0 Å². The van der Waals surface area contributed by atoms with Gasteiger partial charge >= 0.3 is 81.9 Å². The molecule has 0 spiro atoms. The van der Waals surface area contributed by atoms with Crippen molar-refractivity contribution in [1.29, 1.82) is 0 Å². The van der Waals surface area contributed by atoms with Gasteiger partial charge < -0.3 is 0 Å². The third-order valence-electron chi connectivity index (χ3n) is 1.82. The van der Waals surface area contributed by atoms with Crippen molar-refractivity contribution >= 4 is 15.0 Å². The Labute approximate surface area is 82.5 Å². The fraction of sp³-hybridized carbons (Fsp3) is 0.714. The fourth-order valence-corrected chi connectivity index (χ4v) is 3.56. The van der Waals surface area contributed by atoms with E-state index in [1.165, 1.54) is 6.92 Å². The third-order valence-corrected chi connectivity index (χ3v) is 5.25. The average Bonchev–Trinajstić information content (AvgIpc) is 2.28. The summed E-state index contributed by atoms with van der Waals surface area (Å²) in [6, 6.07) is 0. The van der Waals surface area contributed by atoms with Gasteiger partial charge in [0.25, 0.3) is 0 Å². The van der Waals surface area contributed by atoms with Crippen LogP contribution in [0, 0.1) is 0 Å². The first kappa shape index (κ1) is 11.9. The molecule has 0 aromatic heterocycles. The first-order chi connectivity index (χ1) is 6.10. The zero-order chi connectivity index (χ0) is 11.2. The number of halogens is 6. The molecule has 0 amide bonds. The quantitative estimate of drug-likeness (QED) is 0.363. The number of rotatable bonds is 0. The zero-order valence-electron chi connectivity index (χ0n) is 6.96. The Bertz CT molecular complexity index is 246. The molecule has 0 bridgehead atoms. The molecule has 82 valence electrons. The zero-order valence-corrected chi connectivity index (χ0v) is 8.67. The second-order valence-electron chi connectivity index (χ2n) is 3.01. The predicted octanol–water partition coefficient (Wildman–Crippen LogP) is 3.35. The van der Waals surface area contributed by atoms with Crippen molar-refractivity contribution in [2.45, 2.75) is 28.9 Å². The summed E-state index contributed by atoms with van der Waals surface area (Å²) in [5, 5.41) is -0.0913. The summed E-state index contributed by atoms with van der Waals surface area (Å²) in [5.41, 5.74) is 0.166. The molecule has 0 aliphatic carbocycles. The van der Waals surface area contributed by atoms with Crippen LogP contribution in [0.4, 0.5) is 26.3 Å². The van der Waals surface area contributed by atoms with Crippen LogP contribution in [0.2, 0.25) is 9.63 Å². The first-order valence-electron chi connectivity index (χ1n) is 3.56. The Morgan fingerprint density at radius 1 is 1.14 bits per heavy atom. The number of hydrogen-bond donors (Lipinski definition) is 0. The summed E-state index contributed by atoms with van der Waals surface area (Å²) >= 11 is -1.52. The summed E-state index contributed by atoms with van der Waals surface area (Å²) in [4.78, 5) is 0. The molecule has 0 aromatic carbocycles. The van der Waals surface area contributed by atoms with Crippen LogP contribution in [-0.4, -0.2) is 27.3 Å². The molecule has 0 saturated heterocycles. The second kappa shape index (κ2) is 3.17. The molecule has 1 rings (SSSR count). The van der Waals surface area contributed by atoms with E-state index >= 15 is 0 Å². The second-order valence-corrected chi connectivity index (χ2v) is 5.57. The Balaban J connectivity index is 3.19. The predicted molar refractivity (Wildman–Crippen MR) is 39.1 cm³/mol. The van der Waals surface area contributed by atoms with Crippen molar-refractivity contribution in [2.75, 3.05) is 0 Å². The topological polar surface area (TPSA) is 0 Å². The van der Waals surface area contributed by atoms with Gasteiger partial charge in [-0.1, -0.05) is 0 Å². The molecule has 1 aliphatic rings. The summed E-state index contributed by atoms with van der Waals surface area (Å²) in [6.07, 6.45) is -10.1. The Morgan fingerprint density at radius 3 is 1.71 bits per heavy atom. The van der Waals surface area contributed by atoms with Crippen molar-refractivity contribution in [2.24, 2.45) is 0 Å². The molecular weight excluding hydrogens is 277 g/mol. The van der Waals surface area contributed by atoms with Gasteiger partial charge in [-0.15, -0.1) is 0 Å². The standard InChI is InChI=1S/C7H6F6Se/c1-4-2-5(14-3-4,6(8,9)10)7(11,12)13/h2H,3H2,1H3. The molecule has 0 saturated carbocycles. The van der Waals surface area contributed by atoms with Gasteiger partial charge in [0.15, 0.2) is 0 Å². The monoisotopic (exact) mass is 284 g/mol. The molecule has 0 aromatic rings. The van der Waals surface area contributed by atoms with Crippen molar-refractivity contribution < 1.29 is 26.3 Å². The molecule has 1 aliphatic heterocycles. The van der Waals surface area contributed by atoms with E-state index < -0.39 is 31.6 Å². The van der Waals surface area contributed by atoms with Crippen molar-refractivity contribution in [1.82, 2.24) is 0 Å². The van der Waals surface area contributed by atoms with Gasteiger partial charge in [-0.05, 0) is 0 Å². The summed E-state index contributed by atoms with van der Waals surface area (Å²) in [6.45, 7) is 1.29. The van der Waals surface area contributed by atoms with Gasteiger partial charge in [-0.3, -0.25) is 0 Å². The van der Waals surface area contributed by atoms with E-state index in [2.05, 4.69) is 0 Å². The molecule has 14 heavy (non-hydrogen) atoms. The van der Waals surface area contributed by atoms with Gasteiger partial charge in [0.2, 0.25) is 0 Å². The van der Waals surface area contributed by atoms with E-state index in [1.54, 1.807) is 0 Å². The Morgan fingerprint density at radius 2 is 1.57 bits per heavy atom. The Kier molecular flexibility index (Phi) is 2.69. The van der Waals surface area contributed by atoms with Gasteiger partial charge in [0.05, 0.1) is 0 Å². The summed E-state index contributed by atoms with van der Waals surface area (Å²) in [5.74, 6) is 0. The fourth-order valence-electron chi connectivity index (χ4n) is 1.15. The summed E-state index contributed by atoms with van der Waals surface area (Å²) < 4.78 is 70.5. The van der Waals surface area contributed by atoms with E-state index in [1.807, 2.05) is 0 Å². The number of allylic oxidation sites excluding steroid dienone is 2. The Hall–Kier alpha value is -0.161. The van der Waals surface area contributed by atoms with Crippen molar-refractivity contribution in [3.8, 4) is 0 Å². The molecule has 1 heterocycles. The van der Waals surface area contributed by atoms with Crippen molar-refractivity contribution in [3.05, 3.63) is 11.6 Å². The maximum atomic E-state index is 12.3. The maximum absolute atomic E-state index is 12.3. The molecule has 0 nitrogen and oxygen atoms in total. The van der Waals surface area contributed by atoms with Crippen LogP contribution in [0.25, 0.3) is 0 Å². The van der Waals surface area contributed by atoms with Crippen LogP contribution in [0.3, 0.4) is 0 Å². The van der Waals surface area contributed by atoms with E-state index in [4.69, 9.17) is 0 Å². The molecule has 0 fully saturated rings. The number of alkyl halides is 6. The van der Waals surface area contributed by atoms with E-state index in [0.29, 0.717) is 6.08 Å². The van der Waals surface area contributed by atoms with Gasteiger partial charge in [0.1, 0.15) is 0 Å². The molecular formula is C7H6F6Se. The van der Waals surface area contributed by atoms with Crippen LogP contribution >= 0.6 is 0 Å². The van der Waals surface area contributed by atoms with Gasteiger partial charge in [0, 0.05) is 0 Å². The van der Waals surface area contributed by atoms with Crippen LogP contribution in [0.15, 0.2) is 11.6 Å². The van der Waals surface area contributed by atoms with Crippen molar-refractivity contribution in [3.63, 3.8) is 0 Å². The first-order valence-corrected chi connectivity index (χ1v) is 5.63. The molecule has 0 atom stereocenters. The van der Waals surface area contributed by atoms with Crippen LogP contribution in [-0.2, 0) is 0 Å². The SMILES string of the molecule is CC1=CC(C(F)(F)F)(C(F)(F)F)[Se]C1. The minimum atomic E-state index is -5.23. The van der Waals surface area contributed by atoms with Gasteiger partial charge in [-0.25, -0.2) is 0 Å². The van der Waals surface area contributed by atoms with Gasteiger partial charge in [-0.2, -0.15) is 0 Å². The van der Waals surface area contributed by atoms with Crippen LogP contribution in [0.1, 0.15) is 6.92 Å². The molecule has 0 N–H and O–H groups in total.